The molecule has 0 aliphatic carbocycles. The van der Waals surface area contributed by atoms with E-state index in [0.29, 0.717) is 5.06 Å². The smallest absolute Gasteiger partial charge is 0.347 e. The topological polar surface area (TPSA) is 151 Å². The zero-order valence-electron chi connectivity index (χ0n) is 12.6. The van der Waals surface area contributed by atoms with E-state index in [-0.39, 0.29) is 25.9 Å². The maximum atomic E-state index is 11.8. The van der Waals surface area contributed by atoms with Crippen LogP contribution in [0.5, 0.6) is 0 Å². The van der Waals surface area contributed by atoms with Crippen LogP contribution in [-0.2, 0) is 28.8 Å². The van der Waals surface area contributed by atoms with E-state index in [2.05, 4.69) is 4.84 Å². The van der Waals surface area contributed by atoms with Gasteiger partial charge in [0.2, 0.25) is 0 Å². The highest BCUT2D eigenvalue weighted by atomic mass is 16.7. The van der Waals surface area contributed by atoms with Gasteiger partial charge in [-0.15, -0.1) is 5.06 Å². The second kappa shape index (κ2) is 7.29. The van der Waals surface area contributed by atoms with Gasteiger partial charge in [-0.05, 0) is 0 Å². The van der Waals surface area contributed by atoms with Crippen LogP contribution in [0.4, 0.5) is 0 Å². The minimum absolute atomic E-state index is 0.0402. The van der Waals surface area contributed by atoms with E-state index in [4.69, 9.17) is 5.73 Å². The Morgan fingerprint density at radius 2 is 1.75 bits per heavy atom. The van der Waals surface area contributed by atoms with Crippen LogP contribution in [0.1, 0.15) is 12.8 Å². The Morgan fingerprint density at radius 1 is 1.21 bits per heavy atom. The predicted octanol–water partition coefficient (Wildman–Crippen LogP) is -2.94. The summed E-state index contributed by atoms with van der Waals surface area (Å²) in [7, 11) is 0. The number of rotatable bonds is 7. The van der Waals surface area contributed by atoms with Gasteiger partial charge in [-0.25, -0.2) is 4.79 Å². The molecule has 11 heteroatoms. The molecule has 0 bridgehead atoms. The van der Waals surface area contributed by atoms with E-state index in [1.54, 1.807) is 0 Å². The van der Waals surface area contributed by atoms with Crippen LogP contribution in [0.15, 0.2) is 12.2 Å². The average molecular weight is 340 g/mol. The Hall–Kier alpha value is -2.63. The summed E-state index contributed by atoms with van der Waals surface area (Å²) in [6.07, 6.45) is 0.556. The number of carbonyl (C=O) groups excluding carboxylic acids is 5. The van der Waals surface area contributed by atoms with Crippen LogP contribution < -0.4 is 5.73 Å². The van der Waals surface area contributed by atoms with E-state index < -0.39 is 42.5 Å². The Bertz CT molecular complexity index is 581. The lowest BCUT2D eigenvalue weighted by atomic mass is 10.4. The third-order valence-corrected chi connectivity index (χ3v) is 3.42. The number of carbonyl (C=O) groups is 5. The molecular weight excluding hydrogens is 324 g/mol. The highest BCUT2D eigenvalue weighted by molar-refractivity contribution is 6.12. The molecule has 1 unspecified atom stereocenters. The number of nitrogens with zero attached hydrogens (tertiary/aromatic N) is 3. The molecule has 0 saturated carbocycles. The largest absolute Gasteiger partial charge is 0.365 e. The summed E-state index contributed by atoms with van der Waals surface area (Å²) in [6, 6.07) is 0. The van der Waals surface area contributed by atoms with E-state index in [1.807, 2.05) is 0 Å². The lowest BCUT2D eigenvalue weighted by molar-refractivity contribution is -0.199. The summed E-state index contributed by atoms with van der Waals surface area (Å²) < 4.78 is 0. The van der Waals surface area contributed by atoms with Crippen LogP contribution in [0.3, 0.4) is 0 Å². The van der Waals surface area contributed by atoms with Crippen molar-refractivity contribution < 1.29 is 33.9 Å². The summed E-state index contributed by atoms with van der Waals surface area (Å²) in [5, 5.41) is 9.85. The second-order valence-corrected chi connectivity index (χ2v) is 5.09. The lowest BCUT2D eigenvalue weighted by Crippen LogP contribution is -2.49. The molecule has 11 nitrogen and oxygen atoms in total. The normalized spacial score (nSPS) is 19.0. The van der Waals surface area contributed by atoms with Crippen molar-refractivity contribution in [2.75, 3.05) is 19.6 Å². The van der Waals surface area contributed by atoms with Gasteiger partial charge in [0.25, 0.3) is 23.6 Å². The molecule has 2 aliphatic heterocycles. The molecule has 130 valence electrons. The number of amides is 4. The van der Waals surface area contributed by atoms with E-state index >= 15 is 0 Å². The maximum absolute atomic E-state index is 11.8. The minimum atomic E-state index is -1.57. The monoisotopic (exact) mass is 340 g/mol. The fourth-order valence-corrected chi connectivity index (χ4v) is 2.14. The molecule has 0 radical (unpaired) electrons. The third-order valence-electron chi connectivity index (χ3n) is 3.42. The third kappa shape index (κ3) is 4.01. The molecule has 24 heavy (non-hydrogen) atoms. The Kier molecular flexibility index (Phi) is 5.39. The molecule has 0 spiro atoms. The number of aliphatic hydroxyl groups excluding tert-OH is 1. The highest BCUT2D eigenvalue weighted by Crippen LogP contribution is 2.12. The summed E-state index contributed by atoms with van der Waals surface area (Å²) in [5.41, 5.74) is 5.32. The van der Waals surface area contributed by atoms with Crippen molar-refractivity contribution in [3.8, 4) is 0 Å². The molecule has 0 aromatic rings. The first kappa shape index (κ1) is 17.7. The van der Waals surface area contributed by atoms with Crippen molar-refractivity contribution in [3.05, 3.63) is 12.2 Å². The van der Waals surface area contributed by atoms with Gasteiger partial charge in [0.05, 0.1) is 0 Å². The molecular formula is C13H16N4O7. The van der Waals surface area contributed by atoms with Crippen molar-refractivity contribution in [1.82, 2.24) is 14.9 Å². The SMILES string of the molecule is NC(O)N(CCN1C(=O)C=CC1=O)CC(=O)ON1C(=O)CCC1=O. The maximum Gasteiger partial charge on any atom is 0.347 e. The molecule has 4 amide bonds. The molecule has 2 rings (SSSR count). The van der Waals surface area contributed by atoms with Crippen molar-refractivity contribution in [1.29, 1.82) is 0 Å². The predicted molar refractivity (Wildman–Crippen MR) is 74.8 cm³/mol. The van der Waals surface area contributed by atoms with Crippen LogP contribution in [0, 0.1) is 0 Å². The molecule has 1 atom stereocenters. The zero-order chi connectivity index (χ0) is 17.9. The first-order valence-electron chi connectivity index (χ1n) is 7.07. The van der Waals surface area contributed by atoms with Gasteiger partial charge in [-0.2, -0.15) is 0 Å². The molecule has 0 aromatic heterocycles. The van der Waals surface area contributed by atoms with Gasteiger partial charge in [0, 0.05) is 38.1 Å². The zero-order valence-corrected chi connectivity index (χ0v) is 12.6. The van der Waals surface area contributed by atoms with Gasteiger partial charge in [-0.1, -0.05) is 0 Å². The quantitative estimate of drug-likeness (QED) is 0.366. The minimum Gasteiger partial charge on any atom is -0.365 e. The molecule has 1 saturated heterocycles. The van der Waals surface area contributed by atoms with E-state index in [1.165, 1.54) is 0 Å². The summed E-state index contributed by atoms with van der Waals surface area (Å²) in [6.45, 7) is -0.750. The van der Waals surface area contributed by atoms with Gasteiger partial charge >= 0.3 is 5.97 Å². The van der Waals surface area contributed by atoms with Crippen molar-refractivity contribution in [2.45, 2.75) is 19.2 Å². The number of aliphatic hydroxyl groups is 1. The molecule has 3 N–H and O–H groups in total. The fraction of sp³-hybridized carbons (Fsp3) is 0.462. The van der Waals surface area contributed by atoms with Crippen LogP contribution in [0.25, 0.3) is 0 Å². The highest BCUT2D eigenvalue weighted by Gasteiger charge is 2.33. The van der Waals surface area contributed by atoms with Crippen molar-refractivity contribution in [2.24, 2.45) is 5.73 Å². The number of imide groups is 2. The summed E-state index contributed by atoms with van der Waals surface area (Å²) in [4.78, 5) is 64.0. The number of nitrogens with two attached hydrogens (primary N) is 1. The van der Waals surface area contributed by atoms with Crippen molar-refractivity contribution >= 4 is 29.6 Å². The summed E-state index contributed by atoms with van der Waals surface area (Å²) in [5.74, 6) is -3.27. The van der Waals surface area contributed by atoms with E-state index in [0.717, 1.165) is 22.0 Å². The average Bonchev–Trinajstić information content (AvgIpc) is 3.00. The van der Waals surface area contributed by atoms with Gasteiger partial charge in [-0.3, -0.25) is 34.7 Å². The molecule has 2 heterocycles. The molecule has 1 fully saturated rings. The molecule has 2 aliphatic rings. The lowest BCUT2D eigenvalue weighted by Gasteiger charge is -2.26. The van der Waals surface area contributed by atoms with Crippen molar-refractivity contribution in [3.63, 3.8) is 0 Å². The number of hydrogen-bond donors (Lipinski definition) is 2. The van der Waals surface area contributed by atoms with Crippen LogP contribution >= 0.6 is 0 Å². The Morgan fingerprint density at radius 3 is 2.25 bits per heavy atom. The summed E-state index contributed by atoms with van der Waals surface area (Å²) >= 11 is 0. The van der Waals surface area contributed by atoms with Crippen LogP contribution in [0.2, 0.25) is 0 Å². The molecule has 0 aromatic carbocycles. The standard InChI is InChI=1S/C13H16N4O7/c14-13(23)15(5-6-16-8(18)1-2-9(16)19)7-12(22)24-17-10(20)3-4-11(17)21/h1-2,13,23H,3-7,14H2. The number of hydroxylamine groups is 2. The van der Waals surface area contributed by atoms with E-state index in [9.17, 15) is 29.1 Å². The first-order chi connectivity index (χ1) is 11.3. The second-order valence-electron chi connectivity index (χ2n) is 5.09. The fourth-order valence-electron chi connectivity index (χ4n) is 2.14. The first-order valence-corrected chi connectivity index (χ1v) is 7.07. The van der Waals surface area contributed by atoms with Gasteiger partial charge in [0.15, 0.2) is 6.35 Å². The van der Waals surface area contributed by atoms with Crippen LogP contribution in [-0.4, -0.2) is 75.6 Å². The van der Waals surface area contributed by atoms with Gasteiger partial charge in [0.1, 0.15) is 6.54 Å². The Balaban J connectivity index is 1.87. The number of hydrogen-bond acceptors (Lipinski definition) is 9. The Labute approximate surface area is 136 Å². The van der Waals surface area contributed by atoms with Gasteiger partial charge < -0.3 is 9.94 Å².